The van der Waals surface area contributed by atoms with Crippen molar-refractivity contribution in [3.8, 4) is 0 Å². The van der Waals surface area contributed by atoms with Crippen molar-refractivity contribution < 1.29 is 8.78 Å². The van der Waals surface area contributed by atoms with Gasteiger partial charge in [-0.3, -0.25) is 0 Å². The van der Waals surface area contributed by atoms with Crippen molar-refractivity contribution in [2.24, 2.45) is 0 Å². The molecule has 0 aliphatic carbocycles. The van der Waals surface area contributed by atoms with E-state index in [0.717, 1.165) is 5.69 Å². The first-order chi connectivity index (χ1) is 5.65. The van der Waals surface area contributed by atoms with Crippen molar-refractivity contribution in [3.05, 3.63) is 18.2 Å². The number of rotatable bonds is 3. The molecule has 0 amide bonds. The van der Waals surface area contributed by atoms with Crippen LogP contribution in [-0.2, 0) is 5.33 Å². The Morgan fingerprint density at radius 3 is 2.75 bits per heavy atom. The summed E-state index contributed by atoms with van der Waals surface area (Å²) in [5.74, 6) is 0. The molecule has 1 atom stereocenters. The third-order valence-corrected chi connectivity index (χ3v) is 2.20. The molecular weight excluding hydrogens is 230 g/mol. The number of alkyl halides is 3. The predicted octanol–water partition coefficient (Wildman–Crippen LogP) is 2.60. The highest BCUT2D eigenvalue weighted by Gasteiger charge is 2.16. The molecule has 0 aliphatic heterocycles. The van der Waals surface area contributed by atoms with Gasteiger partial charge in [0.2, 0.25) is 0 Å². The summed E-state index contributed by atoms with van der Waals surface area (Å²) in [6.07, 6.45) is 0.696. The van der Waals surface area contributed by atoms with E-state index in [2.05, 4.69) is 20.9 Å². The fourth-order valence-electron chi connectivity index (χ4n) is 0.801. The highest BCUT2D eigenvalue weighted by atomic mass is 79.9. The summed E-state index contributed by atoms with van der Waals surface area (Å²) in [6.45, 7) is 1.46. The Kier molecular flexibility index (Phi) is 3.20. The van der Waals surface area contributed by atoms with Crippen LogP contribution in [0.2, 0.25) is 0 Å². The van der Waals surface area contributed by atoms with E-state index >= 15 is 0 Å². The smallest absolute Gasteiger partial charge is 0.258 e. The molecule has 0 spiro atoms. The van der Waals surface area contributed by atoms with Crippen LogP contribution in [0.25, 0.3) is 0 Å². The zero-order valence-electron chi connectivity index (χ0n) is 6.54. The van der Waals surface area contributed by atoms with Gasteiger partial charge in [0, 0.05) is 11.5 Å². The van der Waals surface area contributed by atoms with Crippen molar-refractivity contribution >= 4 is 15.9 Å². The zero-order valence-corrected chi connectivity index (χ0v) is 8.13. The van der Waals surface area contributed by atoms with Gasteiger partial charge in [0.05, 0.1) is 18.1 Å². The van der Waals surface area contributed by atoms with Crippen LogP contribution in [0.4, 0.5) is 8.78 Å². The first kappa shape index (κ1) is 9.64. The predicted molar refractivity (Wildman–Crippen MR) is 45.6 cm³/mol. The number of hydrogen-bond acceptors (Lipinski definition) is 1. The normalized spacial score (nSPS) is 13.8. The Hall–Kier alpha value is -0.450. The molecule has 0 aromatic carbocycles. The lowest BCUT2D eigenvalue weighted by atomic mass is 10.3. The van der Waals surface area contributed by atoms with E-state index in [0.29, 0.717) is 5.33 Å². The van der Waals surface area contributed by atoms with Crippen molar-refractivity contribution in [3.63, 3.8) is 0 Å². The number of hydrogen-bond donors (Lipinski definition) is 0. The third-order valence-electron chi connectivity index (χ3n) is 1.63. The average molecular weight is 239 g/mol. The zero-order chi connectivity index (χ0) is 9.14. The Labute approximate surface area is 77.7 Å². The minimum Gasteiger partial charge on any atom is -0.329 e. The minimum atomic E-state index is -2.35. The molecule has 0 radical (unpaired) electrons. The van der Waals surface area contributed by atoms with Gasteiger partial charge in [0.1, 0.15) is 0 Å². The van der Waals surface area contributed by atoms with E-state index in [9.17, 15) is 8.78 Å². The van der Waals surface area contributed by atoms with Crippen molar-refractivity contribution in [2.75, 3.05) is 0 Å². The van der Waals surface area contributed by atoms with Crippen LogP contribution in [0.3, 0.4) is 0 Å². The fourth-order valence-corrected chi connectivity index (χ4v) is 1.09. The first-order valence-electron chi connectivity index (χ1n) is 3.51. The number of halogens is 3. The van der Waals surface area contributed by atoms with Crippen molar-refractivity contribution in [1.82, 2.24) is 9.55 Å². The molecule has 1 unspecified atom stereocenters. The number of aromatic nitrogens is 2. The standard InChI is InChI=1S/C7H9BrF2N2/c1-5(7(9)10)12-3-6(2-8)11-4-12/h3-5,7H,2H2,1H3. The van der Waals surface area contributed by atoms with Crippen LogP contribution >= 0.6 is 15.9 Å². The lowest BCUT2D eigenvalue weighted by Crippen LogP contribution is -2.11. The van der Waals surface area contributed by atoms with Crippen LogP contribution in [0.15, 0.2) is 12.5 Å². The largest absolute Gasteiger partial charge is 0.329 e. The Bertz CT molecular complexity index is 249. The van der Waals surface area contributed by atoms with Gasteiger partial charge < -0.3 is 4.57 Å². The molecule has 2 nitrogen and oxygen atoms in total. The van der Waals surface area contributed by atoms with E-state index in [1.165, 1.54) is 17.8 Å². The van der Waals surface area contributed by atoms with Crippen molar-refractivity contribution in [1.29, 1.82) is 0 Å². The fraction of sp³-hybridized carbons (Fsp3) is 0.571. The Balaban J connectivity index is 2.74. The monoisotopic (exact) mass is 238 g/mol. The van der Waals surface area contributed by atoms with Crippen molar-refractivity contribution in [2.45, 2.75) is 24.7 Å². The van der Waals surface area contributed by atoms with Crippen LogP contribution in [0.1, 0.15) is 18.7 Å². The van der Waals surface area contributed by atoms with Crippen LogP contribution < -0.4 is 0 Å². The third kappa shape index (κ3) is 2.03. The second-order valence-corrected chi connectivity index (χ2v) is 3.08. The summed E-state index contributed by atoms with van der Waals surface area (Å²) < 4.78 is 25.8. The number of nitrogens with zero attached hydrogens (tertiary/aromatic N) is 2. The molecule has 0 fully saturated rings. The molecule has 1 aromatic heterocycles. The molecule has 0 aliphatic rings. The molecule has 1 rings (SSSR count). The molecule has 0 bridgehead atoms. The van der Waals surface area contributed by atoms with Gasteiger partial charge in [-0.1, -0.05) is 15.9 Å². The quantitative estimate of drug-likeness (QED) is 0.741. The first-order valence-corrected chi connectivity index (χ1v) is 4.63. The summed E-state index contributed by atoms with van der Waals surface area (Å²) in [6, 6.07) is -0.801. The van der Waals surface area contributed by atoms with Gasteiger partial charge in [0.15, 0.2) is 0 Å². The lowest BCUT2D eigenvalue weighted by Gasteiger charge is -2.10. The maximum absolute atomic E-state index is 12.2. The summed E-state index contributed by atoms with van der Waals surface area (Å²) in [5, 5.41) is 0.593. The molecule has 0 N–H and O–H groups in total. The van der Waals surface area contributed by atoms with E-state index in [1.807, 2.05) is 0 Å². The van der Waals surface area contributed by atoms with Gasteiger partial charge in [-0.2, -0.15) is 0 Å². The molecule has 12 heavy (non-hydrogen) atoms. The molecule has 5 heteroatoms. The summed E-state index contributed by atoms with van der Waals surface area (Å²) in [5.41, 5.74) is 0.766. The molecule has 0 saturated carbocycles. The van der Waals surface area contributed by atoms with Crippen LogP contribution in [-0.4, -0.2) is 16.0 Å². The van der Waals surface area contributed by atoms with E-state index in [1.54, 1.807) is 6.20 Å². The molecule has 1 heterocycles. The van der Waals surface area contributed by atoms with Gasteiger partial charge in [-0.25, -0.2) is 13.8 Å². The maximum atomic E-state index is 12.2. The Morgan fingerprint density at radius 1 is 1.67 bits per heavy atom. The molecule has 68 valence electrons. The highest BCUT2D eigenvalue weighted by molar-refractivity contribution is 9.08. The summed E-state index contributed by atoms with van der Waals surface area (Å²) >= 11 is 3.19. The minimum absolute atomic E-state index is 0.593. The highest BCUT2D eigenvalue weighted by Crippen LogP contribution is 2.16. The van der Waals surface area contributed by atoms with E-state index in [-0.39, 0.29) is 0 Å². The van der Waals surface area contributed by atoms with E-state index in [4.69, 9.17) is 0 Å². The SMILES string of the molecule is CC(C(F)F)n1cnc(CBr)c1. The van der Waals surface area contributed by atoms with Crippen LogP contribution in [0.5, 0.6) is 0 Å². The van der Waals surface area contributed by atoms with Gasteiger partial charge in [-0.15, -0.1) is 0 Å². The maximum Gasteiger partial charge on any atom is 0.258 e. The average Bonchev–Trinajstić information content (AvgIpc) is 2.50. The van der Waals surface area contributed by atoms with E-state index < -0.39 is 12.5 Å². The molecular formula is C7H9BrF2N2. The Morgan fingerprint density at radius 2 is 2.33 bits per heavy atom. The molecule has 0 saturated heterocycles. The summed E-state index contributed by atoms with van der Waals surface area (Å²) in [4.78, 5) is 3.92. The topological polar surface area (TPSA) is 17.8 Å². The second kappa shape index (κ2) is 3.98. The van der Waals surface area contributed by atoms with Gasteiger partial charge >= 0.3 is 0 Å². The van der Waals surface area contributed by atoms with Gasteiger partial charge in [-0.05, 0) is 6.92 Å². The summed E-state index contributed by atoms with van der Waals surface area (Å²) in [7, 11) is 0. The lowest BCUT2D eigenvalue weighted by molar-refractivity contribution is 0.0914. The van der Waals surface area contributed by atoms with Gasteiger partial charge in [0.25, 0.3) is 6.43 Å². The number of imidazole rings is 1. The molecule has 1 aromatic rings. The van der Waals surface area contributed by atoms with Crippen LogP contribution in [0, 0.1) is 0 Å². The second-order valence-electron chi connectivity index (χ2n) is 2.52.